The lowest BCUT2D eigenvalue weighted by Gasteiger charge is -2.30. The molecular weight excluding hydrogens is 136 g/mol. The number of nitrogens with two attached hydrogens (primary N) is 1. The average Bonchev–Trinajstić information content (AvgIpc) is 2.07. The van der Waals surface area contributed by atoms with E-state index in [4.69, 9.17) is 5.73 Å². The zero-order chi connectivity index (χ0) is 8.48. The highest BCUT2D eigenvalue weighted by Gasteiger charge is 2.35. The predicted octanol–water partition coefficient (Wildman–Crippen LogP) is 1.07. The third-order valence-electron chi connectivity index (χ3n) is 2.64. The molecule has 2 N–H and O–H groups in total. The van der Waals surface area contributed by atoms with Gasteiger partial charge in [-0.05, 0) is 26.2 Å². The molecule has 66 valence electrons. The molecule has 1 fully saturated rings. The Balaban J connectivity index is 2.51. The standard InChI is InChI=1S/C9H20N2/c1-8-6-9(2,3)11(7-8)5-4-10/h8H,4-7,10H2,1-3H3. The van der Waals surface area contributed by atoms with Crippen molar-refractivity contribution in [2.75, 3.05) is 19.6 Å². The fourth-order valence-corrected chi connectivity index (χ4v) is 2.22. The molecule has 0 amide bonds. The Labute approximate surface area is 69.8 Å². The smallest absolute Gasteiger partial charge is 0.0156 e. The topological polar surface area (TPSA) is 29.3 Å². The number of nitrogens with zero attached hydrogens (tertiary/aromatic N) is 1. The van der Waals surface area contributed by atoms with Crippen molar-refractivity contribution in [1.82, 2.24) is 4.90 Å². The molecule has 1 aliphatic heterocycles. The Bertz CT molecular complexity index is 132. The third kappa shape index (κ3) is 1.94. The second-order valence-corrected chi connectivity index (χ2v) is 4.36. The Morgan fingerprint density at radius 1 is 1.55 bits per heavy atom. The van der Waals surface area contributed by atoms with E-state index in [9.17, 15) is 0 Å². The molecule has 1 saturated heterocycles. The average molecular weight is 156 g/mol. The number of likely N-dealkylation sites (tertiary alicyclic amines) is 1. The van der Waals surface area contributed by atoms with E-state index < -0.39 is 0 Å². The van der Waals surface area contributed by atoms with Gasteiger partial charge in [0, 0.05) is 25.2 Å². The summed E-state index contributed by atoms with van der Waals surface area (Å²) in [7, 11) is 0. The monoisotopic (exact) mass is 156 g/mol. The van der Waals surface area contributed by atoms with Gasteiger partial charge in [0.2, 0.25) is 0 Å². The van der Waals surface area contributed by atoms with Crippen LogP contribution in [0.5, 0.6) is 0 Å². The summed E-state index contributed by atoms with van der Waals surface area (Å²) in [6, 6.07) is 0. The van der Waals surface area contributed by atoms with Gasteiger partial charge in [0.15, 0.2) is 0 Å². The second kappa shape index (κ2) is 3.11. The zero-order valence-corrected chi connectivity index (χ0v) is 7.93. The lowest BCUT2D eigenvalue weighted by Crippen LogP contribution is -2.41. The first-order valence-electron chi connectivity index (χ1n) is 4.51. The van der Waals surface area contributed by atoms with Crippen LogP contribution in [0.3, 0.4) is 0 Å². The molecule has 1 heterocycles. The summed E-state index contributed by atoms with van der Waals surface area (Å²) in [6.07, 6.45) is 1.31. The van der Waals surface area contributed by atoms with Crippen molar-refractivity contribution in [3.63, 3.8) is 0 Å². The first-order chi connectivity index (χ1) is 5.06. The van der Waals surface area contributed by atoms with Crippen LogP contribution in [0.1, 0.15) is 27.2 Å². The van der Waals surface area contributed by atoms with E-state index in [-0.39, 0.29) is 0 Å². The SMILES string of the molecule is CC1CN(CCN)C(C)(C)C1. The number of hydrogen-bond acceptors (Lipinski definition) is 2. The fourth-order valence-electron chi connectivity index (χ4n) is 2.22. The van der Waals surface area contributed by atoms with Crippen LogP contribution in [0, 0.1) is 5.92 Å². The Morgan fingerprint density at radius 2 is 2.18 bits per heavy atom. The highest BCUT2D eigenvalue weighted by atomic mass is 15.2. The van der Waals surface area contributed by atoms with Crippen molar-refractivity contribution in [2.45, 2.75) is 32.7 Å². The van der Waals surface area contributed by atoms with E-state index in [0.717, 1.165) is 19.0 Å². The van der Waals surface area contributed by atoms with Crippen LogP contribution >= 0.6 is 0 Å². The van der Waals surface area contributed by atoms with Crippen molar-refractivity contribution < 1.29 is 0 Å². The Morgan fingerprint density at radius 3 is 2.55 bits per heavy atom. The molecule has 0 radical (unpaired) electrons. The van der Waals surface area contributed by atoms with Gasteiger partial charge in [-0.25, -0.2) is 0 Å². The van der Waals surface area contributed by atoms with E-state index in [1.165, 1.54) is 13.0 Å². The van der Waals surface area contributed by atoms with Crippen LogP contribution in [0.25, 0.3) is 0 Å². The molecule has 0 spiro atoms. The van der Waals surface area contributed by atoms with Gasteiger partial charge in [0.05, 0.1) is 0 Å². The lowest BCUT2D eigenvalue weighted by atomic mass is 9.98. The second-order valence-electron chi connectivity index (χ2n) is 4.36. The van der Waals surface area contributed by atoms with Gasteiger partial charge < -0.3 is 5.73 Å². The summed E-state index contributed by atoms with van der Waals surface area (Å²) in [4.78, 5) is 2.50. The summed E-state index contributed by atoms with van der Waals surface area (Å²) < 4.78 is 0. The molecule has 1 rings (SSSR count). The summed E-state index contributed by atoms with van der Waals surface area (Å²) in [6.45, 7) is 10.0. The minimum atomic E-state index is 0.388. The van der Waals surface area contributed by atoms with Crippen molar-refractivity contribution >= 4 is 0 Å². The fraction of sp³-hybridized carbons (Fsp3) is 1.00. The van der Waals surface area contributed by atoms with Crippen LogP contribution in [0.15, 0.2) is 0 Å². The molecule has 2 nitrogen and oxygen atoms in total. The summed E-state index contributed by atoms with van der Waals surface area (Å²) in [5.74, 6) is 0.844. The van der Waals surface area contributed by atoms with E-state index in [1.807, 2.05) is 0 Å². The summed E-state index contributed by atoms with van der Waals surface area (Å²) in [5, 5.41) is 0. The molecule has 1 atom stereocenters. The highest BCUT2D eigenvalue weighted by Crippen LogP contribution is 2.31. The van der Waals surface area contributed by atoms with Crippen molar-refractivity contribution in [1.29, 1.82) is 0 Å². The van der Waals surface area contributed by atoms with Crippen LogP contribution in [-0.2, 0) is 0 Å². The molecule has 0 saturated carbocycles. The number of rotatable bonds is 2. The lowest BCUT2D eigenvalue weighted by molar-refractivity contribution is 0.180. The molecule has 11 heavy (non-hydrogen) atoms. The van der Waals surface area contributed by atoms with E-state index in [0.29, 0.717) is 5.54 Å². The van der Waals surface area contributed by atoms with Crippen molar-refractivity contribution in [2.24, 2.45) is 11.7 Å². The normalized spacial score (nSPS) is 31.1. The highest BCUT2D eigenvalue weighted by molar-refractivity contribution is 4.90. The minimum Gasteiger partial charge on any atom is -0.329 e. The van der Waals surface area contributed by atoms with Gasteiger partial charge in [-0.1, -0.05) is 6.92 Å². The van der Waals surface area contributed by atoms with Crippen LogP contribution in [0.2, 0.25) is 0 Å². The summed E-state index contributed by atoms with van der Waals surface area (Å²) >= 11 is 0. The van der Waals surface area contributed by atoms with Gasteiger partial charge in [0.25, 0.3) is 0 Å². The maximum atomic E-state index is 5.53. The van der Waals surface area contributed by atoms with E-state index in [2.05, 4.69) is 25.7 Å². The Kier molecular flexibility index (Phi) is 2.55. The molecular formula is C9H20N2. The molecule has 0 aromatic heterocycles. The molecule has 0 aliphatic carbocycles. The molecule has 1 aliphatic rings. The van der Waals surface area contributed by atoms with Gasteiger partial charge in [0.1, 0.15) is 0 Å². The van der Waals surface area contributed by atoms with Gasteiger partial charge >= 0.3 is 0 Å². The van der Waals surface area contributed by atoms with Crippen molar-refractivity contribution in [3.8, 4) is 0 Å². The maximum absolute atomic E-state index is 5.53. The molecule has 0 bridgehead atoms. The van der Waals surface area contributed by atoms with E-state index in [1.54, 1.807) is 0 Å². The maximum Gasteiger partial charge on any atom is 0.0156 e. The largest absolute Gasteiger partial charge is 0.329 e. The van der Waals surface area contributed by atoms with Gasteiger partial charge in [-0.15, -0.1) is 0 Å². The van der Waals surface area contributed by atoms with Crippen LogP contribution < -0.4 is 5.73 Å². The first-order valence-corrected chi connectivity index (χ1v) is 4.51. The van der Waals surface area contributed by atoms with Crippen molar-refractivity contribution in [3.05, 3.63) is 0 Å². The number of hydrogen-bond donors (Lipinski definition) is 1. The molecule has 0 aromatic carbocycles. The zero-order valence-electron chi connectivity index (χ0n) is 7.93. The minimum absolute atomic E-state index is 0.388. The van der Waals surface area contributed by atoms with Crippen LogP contribution in [0.4, 0.5) is 0 Å². The third-order valence-corrected chi connectivity index (χ3v) is 2.64. The quantitative estimate of drug-likeness (QED) is 0.648. The van der Waals surface area contributed by atoms with Crippen LogP contribution in [-0.4, -0.2) is 30.1 Å². The molecule has 1 unspecified atom stereocenters. The van der Waals surface area contributed by atoms with Gasteiger partial charge in [-0.3, -0.25) is 4.90 Å². The molecule has 0 aromatic rings. The summed E-state index contributed by atoms with van der Waals surface area (Å²) in [5.41, 5.74) is 5.92. The molecule has 2 heteroatoms. The first kappa shape index (κ1) is 9.01. The Hall–Kier alpha value is -0.0800. The predicted molar refractivity (Wildman–Crippen MR) is 48.5 cm³/mol. The van der Waals surface area contributed by atoms with E-state index >= 15 is 0 Å². The van der Waals surface area contributed by atoms with Gasteiger partial charge in [-0.2, -0.15) is 0 Å².